The average molecular weight is 367 g/mol. The molecule has 24 heavy (non-hydrogen) atoms. The van der Waals surface area contributed by atoms with Crippen molar-refractivity contribution in [3.63, 3.8) is 0 Å². The number of anilines is 1. The van der Waals surface area contributed by atoms with E-state index >= 15 is 0 Å². The first kappa shape index (κ1) is 17.0. The maximum Gasteiger partial charge on any atom is 0.233 e. The minimum atomic E-state index is -0.312. The van der Waals surface area contributed by atoms with Crippen LogP contribution in [-0.2, 0) is 14.4 Å². The second-order valence-corrected chi connectivity index (χ2v) is 6.75. The number of likely N-dealkylation sites (tertiary alicyclic amines) is 1. The van der Waals surface area contributed by atoms with Gasteiger partial charge in [0.2, 0.25) is 17.7 Å². The average Bonchev–Trinajstić information content (AvgIpc) is 2.80. The summed E-state index contributed by atoms with van der Waals surface area (Å²) in [5.74, 6) is -1.20. The standard InChI is InChI=1S/C17H16Cl2N2O3/c18-10-5-6-14(13(19)9-10)20-15(22)7-8-21-16(23)11-3-1-2-4-12(11)17(21)24/h1-2,5-6,9,11-12H,3-4,7-8H2,(H,20,22)/t11-,12-/m1/s1. The second kappa shape index (κ2) is 6.95. The lowest BCUT2D eigenvalue weighted by atomic mass is 9.85. The molecule has 0 unspecified atom stereocenters. The Morgan fingerprint density at radius 3 is 2.33 bits per heavy atom. The lowest BCUT2D eigenvalue weighted by Gasteiger charge is -2.14. The number of benzene rings is 1. The van der Waals surface area contributed by atoms with Gasteiger partial charge in [0.25, 0.3) is 0 Å². The predicted octanol–water partition coefficient (Wildman–Crippen LogP) is 3.27. The molecule has 1 N–H and O–H groups in total. The van der Waals surface area contributed by atoms with Gasteiger partial charge in [0.05, 0.1) is 22.5 Å². The van der Waals surface area contributed by atoms with Gasteiger partial charge in [-0.25, -0.2) is 0 Å². The van der Waals surface area contributed by atoms with Crippen LogP contribution < -0.4 is 5.32 Å². The molecule has 7 heteroatoms. The first-order chi connectivity index (χ1) is 11.5. The van der Waals surface area contributed by atoms with E-state index in [9.17, 15) is 14.4 Å². The highest BCUT2D eigenvalue weighted by Crippen LogP contribution is 2.35. The number of carbonyl (C=O) groups is 3. The highest BCUT2D eigenvalue weighted by molar-refractivity contribution is 6.36. The second-order valence-electron chi connectivity index (χ2n) is 5.91. The number of rotatable bonds is 4. The third kappa shape index (κ3) is 3.32. The van der Waals surface area contributed by atoms with Gasteiger partial charge in [-0.1, -0.05) is 35.4 Å². The van der Waals surface area contributed by atoms with Crippen LogP contribution >= 0.6 is 23.2 Å². The van der Waals surface area contributed by atoms with Gasteiger partial charge in [-0.2, -0.15) is 0 Å². The molecule has 5 nitrogen and oxygen atoms in total. The van der Waals surface area contributed by atoms with Gasteiger partial charge >= 0.3 is 0 Å². The Kier molecular flexibility index (Phi) is 4.92. The van der Waals surface area contributed by atoms with Crippen molar-refractivity contribution in [3.05, 3.63) is 40.4 Å². The van der Waals surface area contributed by atoms with Gasteiger partial charge in [-0.05, 0) is 31.0 Å². The van der Waals surface area contributed by atoms with Gasteiger partial charge in [-0.3, -0.25) is 19.3 Å². The number of hydrogen-bond donors (Lipinski definition) is 1. The lowest BCUT2D eigenvalue weighted by Crippen LogP contribution is -2.34. The third-order valence-electron chi connectivity index (χ3n) is 4.37. The smallest absolute Gasteiger partial charge is 0.233 e. The van der Waals surface area contributed by atoms with E-state index in [-0.39, 0.29) is 42.5 Å². The van der Waals surface area contributed by atoms with Crippen LogP contribution in [0.3, 0.4) is 0 Å². The number of halogens is 2. The minimum absolute atomic E-state index is 0.0311. The van der Waals surface area contributed by atoms with Crippen molar-refractivity contribution in [2.24, 2.45) is 11.8 Å². The molecule has 1 aromatic rings. The molecule has 3 rings (SSSR count). The molecule has 2 atom stereocenters. The van der Waals surface area contributed by atoms with Crippen molar-refractivity contribution in [2.45, 2.75) is 19.3 Å². The van der Waals surface area contributed by atoms with Crippen molar-refractivity contribution in [2.75, 3.05) is 11.9 Å². The van der Waals surface area contributed by atoms with Gasteiger partial charge in [0, 0.05) is 18.0 Å². The van der Waals surface area contributed by atoms with Crippen LogP contribution in [0.15, 0.2) is 30.4 Å². The summed E-state index contributed by atoms with van der Waals surface area (Å²) >= 11 is 11.8. The van der Waals surface area contributed by atoms with E-state index in [1.807, 2.05) is 12.2 Å². The highest BCUT2D eigenvalue weighted by Gasteiger charge is 2.46. The molecular weight excluding hydrogens is 351 g/mol. The van der Waals surface area contributed by atoms with Crippen LogP contribution in [0, 0.1) is 11.8 Å². The lowest BCUT2D eigenvalue weighted by molar-refractivity contribution is -0.140. The van der Waals surface area contributed by atoms with E-state index in [1.54, 1.807) is 12.1 Å². The molecule has 0 saturated carbocycles. The van der Waals surface area contributed by atoms with Crippen molar-refractivity contribution < 1.29 is 14.4 Å². The van der Waals surface area contributed by atoms with Crippen molar-refractivity contribution in [1.82, 2.24) is 4.90 Å². The Hall–Kier alpha value is -1.85. The van der Waals surface area contributed by atoms with E-state index in [0.717, 1.165) is 0 Å². The molecule has 2 aliphatic rings. The van der Waals surface area contributed by atoms with Crippen LogP contribution in [0.1, 0.15) is 19.3 Å². The van der Waals surface area contributed by atoms with Gasteiger partial charge in [-0.15, -0.1) is 0 Å². The number of nitrogens with zero attached hydrogens (tertiary/aromatic N) is 1. The molecule has 1 fully saturated rings. The van der Waals surface area contributed by atoms with Crippen LogP contribution in [0.25, 0.3) is 0 Å². The number of amides is 3. The quantitative estimate of drug-likeness (QED) is 0.656. The Morgan fingerprint density at radius 2 is 1.75 bits per heavy atom. The number of fused-ring (bicyclic) bond motifs is 1. The minimum Gasteiger partial charge on any atom is -0.325 e. The number of imide groups is 1. The van der Waals surface area contributed by atoms with E-state index < -0.39 is 0 Å². The normalized spacial score (nSPS) is 22.7. The topological polar surface area (TPSA) is 66.5 Å². The van der Waals surface area contributed by atoms with Gasteiger partial charge in [0.1, 0.15) is 0 Å². The van der Waals surface area contributed by atoms with Crippen molar-refractivity contribution >= 4 is 46.6 Å². The number of carbonyl (C=O) groups excluding carboxylic acids is 3. The number of hydrogen-bond acceptors (Lipinski definition) is 3. The number of nitrogens with one attached hydrogen (secondary N) is 1. The fourth-order valence-corrected chi connectivity index (χ4v) is 3.56. The number of allylic oxidation sites excluding steroid dienone is 2. The monoisotopic (exact) mass is 366 g/mol. The molecule has 126 valence electrons. The summed E-state index contributed by atoms with van der Waals surface area (Å²) in [7, 11) is 0. The summed E-state index contributed by atoms with van der Waals surface area (Å²) in [4.78, 5) is 37.9. The predicted molar refractivity (Wildman–Crippen MR) is 91.8 cm³/mol. The van der Waals surface area contributed by atoms with E-state index in [0.29, 0.717) is 28.6 Å². The van der Waals surface area contributed by atoms with E-state index in [4.69, 9.17) is 23.2 Å². The summed E-state index contributed by atoms with van der Waals surface area (Å²) in [6.07, 6.45) is 5.09. The highest BCUT2D eigenvalue weighted by atomic mass is 35.5. The van der Waals surface area contributed by atoms with Crippen LogP contribution in [-0.4, -0.2) is 29.2 Å². The summed E-state index contributed by atoms with van der Waals surface area (Å²) in [5.41, 5.74) is 0.447. The molecule has 1 aromatic carbocycles. The van der Waals surface area contributed by atoms with Gasteiger partial charge in [0.15, 0.2) is 0 Å². The molecular formula is C17H16Cl2N2O3. The first-order valence-corrected chi connectivity index (χ1v) is 8.48. The van der Waals surface area contributed by atoms with E-state index in [2.05, 4.69) is 5.32 Å². The van der Waals surface area contributed by atoms with Crippen molar-refractivity contribution in [3.8, 4) is 0 Å². The van der Waals surface area contributed by atoms with Crippen LogP contribution in [0.2, 0.25) is 10.0 Å². The summed E-state index contributed by atoms with van der Waals surface area (Å²) in [6, 6.07) is 4.76. The van der Waals surface area contributed by atoms with E-state index in [1.165, 1.54) is 11.0 Å². The Labute approximate surface area is 149 Å². The zero-order chi connectivity index (χ0) is 17.3. The molecule has 0 bridgehead atoms. The first-order valence-electron chi connectivity index (χ1n) is 7.72. The molecule has 0 radical (unpaired) electrons. The Morgan fingerprint density at radius 1 is 1.12 bits per heavy atom. The molecule has 1 aliphatic carbocycles. The Bertz CT molecular complexity index is 707. The van der Waals surface area contributed by atoms with Crippen LogP contribution in [0.5, 0.6) is 0 Å². The van der Waals surface area contributed by atoms with Crippen LogP contribution in [0.4, 0.5) is 5.69 Å². The summed E-state index contributed by atoms with van der Waals surface area (Å²) < 4.78 is 0. The zero-order valence-corrected chi connectivity index (χ0v) is 14.3. The maximum absolute atomic E-state index is 12.3. The largest absolute Gasteiger partial charge is 0.325 e. The molecule has 1 saturated heterocycles. The Balaban J connectivity index is 1.58. The summed E-state index contributed by atoms with van der Waals surface area (Å²) in [5, 5.41) is 3.47. The molecule has 1 heterocycles. The molecule has 1 aliphatic heterocycles. The maximum atomic E-state index is 12.3. The molecule has 0 spiro atoms. The molecule has 0 aromatic heterocycles. The third-order valence-corrected chi connectivity index (χ3v) is 4.91. The fraction of sp³-hybridized carbons (Fsp3) is 0.353. The molecule has 3 amide bonds. The SMILES string of the molecule is O=C(CCN1C(=O)[C@@H]2CC=CC[C@H]2C1=O)Nc1ccc(Cl)cc1Cl. The fourth-order valence-electron chi connectivity index (χ4n) is 3.11. The van der Waals surface area contributed by atoms with Crippen molar-refractivity contribution in [1.29, 1.82) is 0 Å². The summed E-state index contributed by atoms with van der Waals surface area (Å²) in [6.45, 7) is 0.0850. The van der Waals surface area contributed by atoms with Gasteiger partial charge < -0.3 is 5.32 Å². The zero-order valence-electron chi connectivity index (χ0n) is 12.8.